The fraction of sp³-hybridized carbons (Fsp3) is 0.500. The van der Waals surface area contributed by atoms with Gasteiger partial charge in [0, 0.05) is 25.6 Å². The molecule has 0 radical (unpaired) electrons. The third-order valence-electron chi connectivity index (χ3n) is 6.50. The van der Waals surface area contributed by atoms with Crippen LogP contribution in [-0.2, 0) is 26.0 Å². The fourth-order valence-corrected chi connectivity index (χ4v) is 6.08. The molecule has 1 fully saturated rings. The van der Waals surface area contributed by atoms with Gasteiger partial charge in [-0.2, -0.15) is 4.31 Å². The summed E-state index contributed by atoms with van der Waals surface area (Å²) in [5.41, 5.74) is 3.11. The van der Waals surface area contributed by atoms with Crippen LogP contribution in [-0.4, -0.2) is 58.0 Å². The lowest BCUT2D eigenvalue weighted by Crippen LogP contribution is -2.46. The van der Waals surface area contributed by atoms with E-state index in [4.69, 9.17) is 13.9 Å². The minimum Gasteiger partial charge on any atom is -0.495 e. The Hall–Kier alpha value is -2.85. The Bertz CT molecular complexity index is 1180. The molecule has 0 bridgehead atoms. The summed E-state index contributed by atoms with van der Waals surface area (Å²) < 4.78 is 43.0. The molecule has 4 rings (SSSR count). The minimum absolute atomic E-state index is 0.00416. The van der Waals surface area contributed by atoms with Crippen molar-refractivity contribution in [2.24, 2.45) is 5.92 Å². The van der Waals surface area contributed by atoms with Crippen LogP contribution in [0.4, 0.5) is 5.69 Å². The Labute approximate surface area is 199 Å². The predicted molar refractivity (Wildman–Crippen MR) is 125 cm³/mol. The number of anilines is 1. The Kier molecular flexibility index (Phi) is 6.99. The highest BCUT2D eigenvalue weighted by atomic mass is 32.2. The van der Waals surface area contributed by atoms with E-state index >= 15 is 0 Å². The average Bonchev–Trinajstić information content (AvgIpc) is 3.35. The topological polar surface area (TPSA) is 106 Å². The van der Waals surface area contributed by atoms with Crippen LogP contribution >= 0.6 is 0 Å². The molecule has 34 heavy (non-hydrogen) atoms. The van der Waals surface area contributed by atoms with Gasteiger partial charge in [-0.3, -0.25) is 4.79 Å². The second-order valence-electron chi connectivity index (χ2n) is 8.52. The second-order valence-corrected chi connectivity index (χ2v) is 10.4. The maximum atomic E-state index is 13.5. The Balaban J connectivity index is 1.46. The number of hydrogen-bond donors (Lipinski definition) is 0. The summed E-state index contributed by atoms with van der Waals surface area (Å²) >= 11 is 0. The molecule has 10 heteroatoms. The highest BCUT2D eigenvalue weighted by Crippen LogP contribution is 2.39. The first kappa shape index (κ1) is 24.3. The SMILES string of the molecule is CCOC(=O)c1ccc(S(=O)(=O)N2CCC(C(=O)N3CCCc4c(C)ccc(OC)c43)CC2)o1. The van der Waals surface area contributed by atoms with Gasteiger partial charge in [0.05, 0.1) is 19.4 Å². The Morgan fingerprint density at radius 2 is 1.85 bits per heavy atom. The van der Waals surface area contributed by atoms with Crippen molar-refractivity contribution >= 4 is 27.6 Å². The fourth-order valence-electron chi connectivity index (χ4n) is 4.70. The molecule has 2 aromatic rings. The number of aryl methyl sites for hydroxylation is 1. The molecule has 3 heterocycles. The van der Waals surface area contributed by atoms with Crippen molar-refractivity contribution in [3.63, 3.8) is 0 Å². The first-order valence-corrected chi connectivity index (χ1v) is 13.0. The number of rotatable bonds is 6. The maximum Gasteiger partial charge on any atom is 0.374 e. The van der Waals surface area contributed by atoms with Crippen LogP contribution in [0.3, 0.4) is 0 Å². The highest BCUT2D eigenvalue weighted by molar-refractivity contribution is 7.89. The maximum absolute atomic E-state index is 13.5. The molecule has 2 aliphatic rings. The summed E-state index contributed by atoms with van der Waals surface area (Å²) in [6, 6.07) is 6.46. The number of piperidine rings is 1. The number of methoxy groups -OCH3 is 1. The predicted octanol–water partition coefficient (Wildman–Crippen LogP) is 3.15. The van der Waals surface area contributed by atoms with Gasteiger partial charge in [0.1, 0.15) is 5.75 Å². The van der Waals surface area contributed by atoms with Crippen molar-refractivity contribution in [1.29, 1.82) is 0 Å². The van der Waals surface area contributed by atoms with E-state index in [2.05, 4.69) is 0 Å². The lowest BCUT2D eigenvalue weighted by molar-refractivity contribution is -0.123. The molecule has 9 nitrogen and oxygen atoms in total. The molecule has 1 amide bonds. The van der Waals surface area contributed by atoms with Crippen molar-refractivity contribution in [2.75, 3.05) is 38.3 Å². The lowest BCUT2D eigenvalue weighted by atomic mass is 9.92. The lowest BCUT2D eigenvalue weighted by Gasteiger charge is -2.36. The summed E-state index contributed by atoms with van der Waals surface area (Å²) in [6.07, 6.45) is 2.59. The van der Waals surface area contributed by atoms with Crippen molar-refractivity contribution in [3.8, 4) is 5.75 Å². The first-order valence-electron chi connectivity index (χ1n) is 11.5. The number of fused-ring (bicyclic) bond motifs is 1. The molecule has 1 aromatic heterocycles. The van der Waals surface area contributed by atoms with Crippen LogP contribution in [0.5, 0.6) is 5.75 Å². The number of amides is 1. The molecule has 1 saturated heterocycles. The van der Waals surface area contributed by atoms with Gasteiger partial charge >= 0.3 is 5.97 Å². The van der Waals surface area contributed by atoms with E-state index in [1.807, 2.05) is 24.0 Å². The van der Waals surface area contributed by atoms with E-state index in [0.29, 0.717) is 25.1 Å². The van der Waals surface area contributed by atoms with Crippen molar-refractivity contribution in [1.82, 2.24) is 4.31 Å². The molecule has 0 atom stereocenters. The minimum atomic E-state index is -3.91. The first-order chi connectivity index (χ1) is 16.3. The quantitative estimate of drug-likeness (QED) is 0.573. The smallest absolute Gasteiger partial charge is 0.374 e. The van der Waals surface area contributed by atoms with Gasteiger partial charge in [0.2, 0.25) is 16.8 Å². The van der Waals surface area contributed by atoms with Crippen LogP contribution in [0.2, 0.25) is 0 Å². The van der Waals surface area contributed by atoms with Gasteiger partial charge in [-0.05, 0) is 68.9 Å². The Morgan fingerprint density at radius 1 is 1.12 bits per heavy atom. The molecule has 0 saturated carbocycles. The van der Waals surface area contributed by atoms with E-state index in [0.717, 1.165) is 29.7 Å². The van der Waals surface area contributed by atoms with Crippen LogP contribution in [0.25, 0.3) is 0 Å². The number of benzene rings is 1. The van der Waals surface area contributed by atoms with Gasteiger partial charge in [0.15, 0.2) is 0 Å². The molecule has 184 valence electrons. The largest absolute Gasteiger partial charge is 0.495 e. The van der Waals surface area contributed by atoms with E-state index in [1.165, 1.54) is 16.4 Å². The zero-order chi connectivity index (χ0) is 24.5. The number of furan rings is 1. The van der Waals surface area contributed by atoms with Gasteiger partial charge in [-0.15, -0.1) is 0 Å². The monoisotopic (exact) mass is 490 g/mol. The van der Waals surface area contributed by atoms with E-state index in [9.17, 15) is 18.0 Å². The summed E-state index contributed by atoms with van der Waals surface area (Å²) in [4.78, 5) is 27.1. The summed E-state index contributed by atoms with van der Waals surface area (Å²) in [6.45, 7) is 4.87. The van der Waals surface area contributed by atoms with Crippen LogP contribution in [0.15, 0.2) is 33.8 Å². The third-order valence-corrected chi connectivity index (χ3v) is 8.27. The van der Waals surface area contributed by atoms with Crippen LogP contribution < -0.4 is 9.64 Å². The van der Waals surface area contributed by atoms with Crippen LogP contribution in [0, 0.1) is 12.8 Å². The summed E-state index contributed by atoms with van der Waals surface area (Å²) in [7, 11) is -2.31. The number of ether oxygens (including phenoxy) is 2. The van der Waals surface area contributed by atoms with E-state index in [1.54, 1.807) is 14.0 Å². The third kappa shape index (κ3) is 4.44. The molecule has 0 unspecified atom stereocenters. The number of carbonyl (C=O) groups excluding carboxylic acids is 2. The van der Waals surface area contributed by atoms with Crippen molar-refractivity contribution < 1.29 is 31.9 Å². The molecule has 0 aliphatic carbocycles. The number of carbonyl (C=O) groups is 2. The van der Waals surface area contributed by atoms with E-state index < -0.39 is 16.0 Å². The van der Waals surface area contributed by atoms with Crippen LogP contribution in [0.1, 0.15) is 47.9 Å². The van der Waals surface area contributed by atoms with Crippen molar-refractivity contribution in [2.45, 2.75) is 44.6 Å². The second kappa shape index (κ2) is 9.79. The molecular formula is C24H30N2O7S. The van der Waals surface area contributed by atoms with Crippen molar-refractivity contribution in [3.05, 3.63) is 41.2 Å². The average molecular weight is 491 g/mol. The normalized spacial score (nSPS) is 17.3. The highest BCUT2D eigenvalue weighted by Gasteiger charge is 2.37. The standard InChI is InChI=1S/C24H30N2O7S/c1-4-32-24(28)20-9-10-21(33-20)34(29,30)25-14-11-17(12-15-25)23(27)26-13-5-6-18-16(2)7-8-19(31-3)22(18)26/h7-10,17H,4-6,11-15H2,1-3H3. The van der Waals surface area contributed by atoms with Gasteiger partial charge in [-0.25, -0.2) is 13.2 Å². The zero-order valence-electron chi connectivity index (χ0n) is 19.7. The number of hydrogen-bond acceptors (Lipinski definition) is 7. The molecule has 0 N–H and O–H groups in total. The van der Waals surface area contributed by atoms with Gasteiger partial charge < -0.3 is 18.8 Å². The zero-order valence-corrected chi connectivity index (χ0v) is 20.5. The van der Waals surface area contributed by atoms with Gasteiger partial charge in [-0.1, -0.05) is 6.07 Å². The summed E-state index contributed by atoms with van der Waals surface area (Å²) in [5.74, 6) is -0.457. The molecular weight excluding hydrogens is 460 g/mol. The molecule has 0 spiro atoms. The molecule has 2 aliphatic heterocycles. The Morgan fingerprint density at radius 3 is 2.53 bits per heavy atom. The number of sulfonamides is 1. The van der Waals surface area contributed by atoms with E-state index in [-0.39, 0.29) is 42.4 Å². The summed E-state index contributed by atoms with van der Waals surface area (Å²) in [5, 5.41) is -0.300. The van der Waals surface area contributed by atoms with Gasteiger partial charge in [0.25, 0.3) is 10.0 Å². The molecule has 1 aromatic carbocycles. The number of nitrogens with zero attached hydrogens (tertiary/aromatic N) is 2. The number of esters is 1.